The molecule has 0 bridgehead atoms. The lowest BCUT2D eigenvalue weighted by Crippen LogP contribution is -1.93. The Bertz CT molecular complexity index is 501. The highest BCUT2D eigenvalue weighted by atomic mass is 79.9. The van der Waals surface area contributed by atoms with Crippen LogP contribution in [0.5, 0.6) is 0 Å². The van der Waals surface area contributed by atoms with Crippen LogP contribution in [-0.2, 0) is 11.2 Å². The topological polar surface area (TPSA) is 32.9 Å². The zero-order chi connectivity index (χ0) is 10.8. The largest absolute Gasteiger partial charge is 0.361 e. The Hall–Kier alpha value is -1.09. The number of rotatable bonds is 3. The van der Waals surface area contributed by atoms with Crippen molar-refractivity contribution in [3.05, 3.63) is 34.4 Å². The number of Topliss-reactive ketones (excluding diaryl/α,β-unsaturated/α-hetero) is 1. The number of fused-ring (bicyclic) bond motifs is 1. The number of carbonyl (C=O) groups excluding carboxylic acids is 1. The number of ketones is 1. The second kappa shape index (κ2) is 4.19. The third kappa shape index (κ3) is 2.12. The molecule has 0 saturated carbocycles. The molecule has 1 aromatic carbocycles. The van der Waals surface area contributed by atoms with Gasteiger partial charge in [-0.15, -0.1) is 0 Å². The van der Waals surface area contributed by atoms with Gasteiger partial charge >= 0.3 is 0 Å². The van der Waals surface area contributed by atoms with E-state index in [9.17, 15) is 4.79 Å². The van der Waals surface area contributed by atoms with Crippen molar-refractivity contribution in [2.24, 2.45) is 0 Å². The smallest absolute Gasteiger partial charge is 0.130 e. The third-order valence-electron chi connectivity index (χ3n) is 2.48. The molecule has 1 aromatic heterocycles. The summed E-state index contributed by atoms with van der Waals surface area (Å²) in [6.45, 7) is 1.63. The normalized spacial score (nSPS) is 10.8. The first-order chi connectivity index (χ1) is 7.18. The number of aromatic nitrogens is 1. The molecule has 0 unspecified atom stereocenters. The van der Waals surface area contributed by atoms with Gasteiger partial charge in [-0.25, -0.2) is 0 Å². The molecular weight excluding hydrogens is 254 g/mol. The minimum absolute atomic E-state index is 0.233. The van der Waals surface area contributed by atoms with Gasteiger partial charge in [0.1, 0.15) is 5.78 Å². The minimum Gasteiger partial charge on any atom is -0.361 e. The van der Waals surface area contributed by atoms with Crippen LogP contribution in [0.4, 0.5) is 0 Å². The predicted molar refractivity (Wildman–Crippen MR) is 65.0 cm³/mol. The number of aromatic amines is 1. The van der Waals surface area contributed by atoms with E-state index < -0.39 is 0 Å². The maximum atomic E-state index is 10.9. The summed E-state index contributed by atoms with van der Waals surface area (Å²) in [4.78, 5) is 14.1. The molecule has 15 heavy (non-hydrogen) atoms. The molecule has 0 radical (unpaired) electrons. The number of hydrogen-bond acceptors (Lipinski definition) is 1. The summed E-state index contributed by atoms with van der Waals surface area (Å²) < 4.78 is 1.08. The second-order valence-electron chi connectivity index (χ2n) is 3.68. The molecule has 0 amide bonds. The molecule has 0 aliphatic heterocycles. The minimum atomic E-state index is 0.233. The zero-order valence-electron chi connectivity index (χ0n) is 8.51. The molecule has 2 rings (SSSR count). The van der Waals surface area contributed by atoms with Gasteiger partial charge in [0.15, 0.2) is 0 Å². The van der Waals surface area contributed by atoms with Gasteiger partial charge in [0.25, 0.3) is 0 Å². The van der Waals surface area contributed by atoms with Crippen LogP contribution < -0.4 is 0 Å². The lowest BCUT2D eigenvalue weighted by Gasteiger charge is -1.99. The predicted octanol–water partition coefficient (Wildman–Crippen LogP) is 3.45. The molecule has 0 spiro atoms. The van der Waals surface area contributed by atoms with Crippen molar-refractivity contribution >= 4 is 32.6 Å². The number of nitrogens with one attached hydrogen (secondary N) is 1. The Kier molecular flexibility index (Phi) is 2.91. The van der Waals surface area contributed by atoms with E-state index in [0.29, 0.717) is 6.42 Å². The van der Waals surface area contributed by atoms with Gasteiger partial charge in [-0.3, -0.25) is 0 Å². The summed E-state index contributed by atoms with van der Waals surface area (Å²) in [7, 11) is 0. The van der Waals surface area contributed by atoms with Gasteiger partial charge in [0.2, 0.25) is 0 Å². The first-order valence-corrected chi connectivity index (χ1v) is 5.71. The fourth-order valence-electron chi connectivity index (χ4n) is 1.72. The van der Waals surface area contributed by atoms with Crippen molar-refractivity contribution in [2.75, 3.05) is 0 Å². The van der Waals surface area contributed by atoms with Crippen molar-refractivity contribution in [3.8, 4) is 0 Å². The Morgan fingerprint density at radius 2 is 2.27 bits per heavy atom. The van der Waals surface area contributed by atoms with Gasteiger partial charge in [-0.2, -0.15) is 0 Å². The van der Waals surface area contributed by atoms with E-state index >= 15 is 0 Å². The van der Waals surface area contributed by atoms with Crippen LogP contribution >= 0.6 is 15.9 Å². The van der Waals surface area contributed by atoms with Crippen LogP contribution in [0.3, 0.4) is 0 Å². The van der Waals surface area contributed by atoms with E-state index in [-0.39, 0.29) is 5.78 Å². The third-order valence-corrected chi connectivity index (χ3v) is 3.14. The lowest BCUT2D eigenvalue weighted by molar-refractivity contribution is -0.116. The van der Waals surface area contributed by atoms with Crippen LogP contribution in [0.2, 0.25) is 0 Å². The van der Waals surface area contributed by atoms with E-state index in [4.69, 9.17) is 0 Å². The van der Waals surface area contributed by atoms with Crippen LogP contribution in [0.25, 0.3) is 10.9 Å². The molecule has 78 valence electrons. The first kappa shape index (κ1) is 10.4. The molecule has 0 aliphatic carbocycles. The van der Waals surface area contributed by atoms with Crippen molar-refractivity contribution in [1.29, 1.82) is 0 Å². The SMILES string of the molecule is CC(=O)CCc1c[nH]c2cccc(Br)c12. The standard InChI is InChI=1S/C12H12BrNO/c1-8(15)5-6-9-7-14-11-4-2-3-10(13)12(9)11/h2-4,7,14H,5-6H2,1H3. The Morgan fingerprint density at radius 3 is 3.00 bits per heavy atom. The molecule has 0 aliphatic rings. The average Bonchev–Trinajstić information content (AvgIpc) is 2.59. The number of H-pyrrole nitrogens is 1. The average molecular weight is 266 g/mol. The summed E-state index contributed by atoms with van der Waals surface area (Å²) in [5.41, 5.74) is 2.32. The Balaban J connectivity index is 2.39. The van der Waals surface area contributed by atoms with Gasteiger partial charge < -0.3 is 9.78 Å². The van der Waals surface area contributed by atoms with Crippen LogP contribution in [0.1, 0.15) is 18.9 Å². The summed E-state index contributed by atoms with van der Waals surface area (Å²) in [6.07, 6.45) is 3.39. The van der Waals surface area contributed by atoms with E-state index in [1.807, 2.05) is 24.4 Å². The van der Waals surface area contributed by atoms with Crippen molar-refractivity contribution in [1.82, 2.24) is 4.98 Å². The number of aryl methyl sites for hydroxylation is 1. The molecule has 2 aromatic rings. The van der Waals surface area contributed by atoms with Crippen molar-refractivity contribution in [3.63, 3.8) is 0 Å². The molecule has 1 N–H and O–H groups in total. The quantitative estimate of drug-likeness (QED) is 0.906. The van der Waals surface area contributed by atoms with Crippen LogP contribution in [0.15, 0.2) is 28.9 Å². The highest BCUT2D eigenvalue weighted by Crippen LogP contribution is 2.27. The van der Waals surface area contributed by atoms with Gasteiger partial charge in [-0.1, -0.05) is 22.0 Å². The number of carbonyl (C=O) groups is 1. The summed E-state index contributed by atoms with van der Waals surface area (Å²) in [5.74, 6) is 0.233. The summed E-state index contributed by atoms with van der Waals surface area (Å²) in [5, 5.41) is 1.19. The molecule has 1 heterocycles. The number of benzene rings is 1. The summed E-state index contributed by atoms with van der Waals surface area (Å²) in [6, 6.07) is 6.06. The van der Waals surface area contributed by atoms with Gasteiger partial charge in [0.05, 0.1) is 0 Å². The van der Waals surface area contributed by atoms with E-state index in [2.05, 4.69) is 20.9 Å². The summed E-state index contributed by atoms with van der Waals surface area (Å²) >= 11 is 3.53. The molecular formula is C12H12BrNO. The Morgan fingerprint density at radius 1 is 1.47 bits per heavy atom. The monoisotopic (exact) mass is 265 g/mol. The fourth-order valence-corrected chi connectivity index (χ4v) is 2.34. The van der Waals surface area contributed by atoms with Crippen molar-refractivity contribution in [2.45, 2.75) is 19.8 Å². The maximum Gasteiger partial charge on any atom is 0.130 e. The lowest BCUT2D eigenvalue weighted by atomic mass is 10.1. The molecule has 0 atom stereocenters. The second-order valence-corrected chi connectivity index (χ2v) is 4.53. The zero-order valence-corrected chi connectivity index (χ0v) is 10.1. The Labute approximate surface area is 96.8 Å². The fraction of sp³-hybridized carbons (Fsp3) is 0.250. The molecule has 3 heteroatoms. The first-order valence-electron chi connectivity index (χ1n) is 4.92. The van der Waals surface area contributed by atoms with Crippen LogP contribution in [-0.4, -0.2) is 10.8 Å². The highest BCUT2D eigenvalue weighted by Gasteiger charge is 2.07. The van der Waals surface area contributed by atoms with Crippen LogP contribution in [0, 0.1) is 0 Å². The van der Waals surface area contributed by atoms with Gasteiger partial charge in [-0.05, 0) is 31.0 Å². The maximum absolute atomic E-state index is 10.9. The molecule has 0 saturated heterocycles. The van der Waals surface area contributed by atoms with E-state index in [1.54, 1.807) is 6.92 Å². The highest BCUT2D eigenvalue weighted by molar-refractivity contribution is 9.10. The number of hydrogen-bond donors (Lipinski definition) is 1. The number of halogens is 1. The van der Waals surface area contributed by atoms with Gasteiger partial charge in [0, 0.05) is 28.0 Å². The molecule has 2 nitrogen and oxygen atoms in total. The van der Waals surface area contributed by atoms with E-state index in [0.717, 1.165) is 16.4 Å². The molecule has 0 fully saturated rings. The van der Waals surface area contributed by atoms with E-state index in [1.165, 1.54) is 10.9 Å². The van der Waals surface area contributed by atoms with Crippen molar-refractivity contribution < 1.29 is 4.79 Å².